The lowest BCUT2D eigenvalue weighted by Gasteiger charge is -2.08. The van der Waals surface area contributed by atoms with E-state index < -0.39 is 17.5 Å². The molecule has 17 heavy (non-hydrogen) atoms. The predicted octanol–water partition coefficient (Wildman–Crippen LogP) is 3.72. The molecular formula is C13H10F3N. The Morgan fingerprint density at radius 3 is 2.00 bits per heavy atom. The fraction of sp³-hybridized carbons (Fsp3) is 0.0769. The zero-order valence-electron chi connectivity index (χ0n) is 8.88. The summed E-state index contributed by atoms with van der Waals surface area (Å²) in [7, 11) is 0. The van der Waals surface area contributed by atoms with Crippen LogP contribution in [0.15, 0.2) is 42.5 Å². The van der Waals surface area contributed by atoms with Gasteiger partial charge in [0, 0.05) is 12.1 Å². The minimum atomic E-state index is -0.645. The van der Waals surface area contributed by atoms with E-state index in [0.717, 1.165) is 0 Å². The molecule has 0 aromatic heterocycles. The Morgan fingerprint density at radius 1 is 0.765 bits per heavy atom. The molecule has 0 fully saturated rings. The third-order valence-corrected chi connectivity index (χ3v) is 2.39. The van der Waals surface area contributed by atoms with E-state index in [1.807, 2.05) is 0 Å². The van der Waals surface area contributed by atoms with Crippen LogP contribution in [-0.2, 0) is 6.54 Å². The molecule has 0 atom stereocenters. The maximum Gasteiger partial charge on any atom is 0.146 e. The van der Waals surface area contributed by atoms with Crippen LogP contribution in [0.3, 0.4) is 0 Å². The minimum Gasteiger partial charge on any atom is -0.378 e. The number of para-hydroxylation sites is 1. The molecular weight excluding hydrogens is 227 g/mol. The summed E-state index contributed by atoms with van der Waals surface area (Å²) in [6, 6.07) is 9.60. The number of anilines is 1. The van der Waals surface area contributed by atoms with Gasteiger partial charge in [0.15, 0.2) is 0 Å². The smallest absolute Gasteiger partial charge is 0.146 e. The molecule has 2 aromatic rings. The third kappa shape index (κ3) is 2.58. The van der Waals surface area contributed by atoms with Crippen molar-refractivity contribution in [2.24, 2.45) is 0 Å². The zero-order valence-corrected chi connectivity index (χ0v) is 8.88. The average molecular weight is 237 g/mol. The fourth-order valence-corrected chi connectivity index (χ4v) is 1.49. The first kappa shape index (κ1) is 11.5. The highest BCUT2D eigenvalue weighted by Gasteiger charge is 2.08. The topological polar surface area (TPSA) is 12.0 Å². The summed E-state index contributed by atoms with van der Waals surface area (Å²) in [4.78, 5) is 0. The van der Waals surface area contributed by atoms with Crippen molar-refractivity contribution in [1.82, 2.24) is 0 Å². The normalized spacial score (nSPS) is 10.3. The molecule has 0 heterocycles. The Hall–Kier alpha value is -1.97. The molecule has 2 aromatic carbocycles. The van der Waals surface area contributed by atoms with E-state index in [0.29, 0.717) is 0 Å². The van der Waals surface area contributed by atoms with Gasteiger partial charge >= 0.3 is 0 Å². The summed E-state index contributed by atoms with van der Waals surface area (Å²) >= 11 is 0. The van der Waals surface area contributed by atoms with E-state index in [4.69, 9.17) is 0 Å². The second kappa shape index (κ2) is 4.91. The molecule has 0 saturated carbocycles. The van der Waals surface area contributed by atoms with Crippen molar-refractivity contribution in [3.63, 3.8) is 0 Å². The molecule has 0 radical (unpaired) electrons. The van der Waals surface area contributed by atoms with Gasteiger partial charge in [0.05, 0.1) is 5.69 Å². The number of rotatable bonds is 3. The Kier molecular flexibility index (Phi) is 3.32. The first-order chi connectivity index (χ1) is 8.18. The highest BCUT2D eigenvalue weighted by atomic mass is 19.1. The number of nitrogens with one attached hydrogen (secondary N) is 1. The lowest BCUT2D eigenvalue weighted by Crippen LogP contribution is -2.05. The quantitative estimate of drug-likeness (QED) is 0.857. The van der Waals surface area contributed by atoms with Gasteiger partial charge in [-0.05, 0) is 24.3 Å². The molecule has 1 nitrogen and oxygen atoms in total. The van der Waals surface area contributed by atoms with E-state index >= 15 is 0 Å². The first-order valence-electron chi connectivity index (χ1n) is 5.10. The number of hydrogen-bond donors (Lipinski definition) is 1. The molecule has 88 valence electrons. The molecule has 0 unspecified atom stereocenters. The van der Waals surface area contributed by atoms with Crippen molar-refractivity contribution in [3.05, 3.63) is 65.5 Å². The average Bonchev–Trinajstić information content (AvgIpc) is 2.30. The van der Waals surface area contributed by atoms with Crippen LogP contribution in [0.5, 0.6) is 0 Å². The fourth-order valence-electron chi connectivity index (χ4n) is 1.49. The molecule has 0 saturated heterocycles. The molecule has 2 rings (SSSR count). The maximum absolute atomic E-state index is 13.3. The lowest BCUT2D eigenvalue weighted by atomic mass is 10.2. The standard InChI is InChI=1S/C13H10F3N/c14-10-5-3-6-11(15)9(10)8-17-13-7-2-1-4-12(13)16/h1-7,17H,8H2. The Labute approximate surface area is 96.9 Å². The number of benzene rings is 2. The highest BCUT2D eigenvalue weighted by Crippen LogP contribution is 2.17. The molecule has 0 bridgehead atoms. The first-order valence-corrected chi connectivity index (χ1v) is 5.10. The lowest BCUT2D eigenvalue weighted by molar-refractivity contribution is 0.559. The van der Waals surface area contributed by atoms with E-state index in [1.54, 1.807) is 12.1 Å². The van der Waals surface area contributed by atoms with E-state index in [1.165, 1.54) is 30.3 Å². The van der Waals surface area contributed by atoms with E-state index in [-0.39, 0.29) is 17.8 Å². The van der Waals surface area contributed by atoms with Crippen molar-refractivity contribution in [2.45, 2.75) is 6.54 Å². The summed E-state index contributed by atoms with van der Waals surface area (Å²) in [6.07, 6.45) is 0. The number of hydrogen-bond acceptors (Lipinski definition) is 1. The van der Waals surface area contributed by atoms with Gasteiger partial charge in [0.25, 0.3) is 0 Å². The van der Waals surface area contributed by atoms with Gasteiger partial charge in [0.1, 0.15) is 17.5 Å². The van der Waals surface area contributed by atoms with Crippen LogP contribution in [0, 0.1) is 17.5 Å². The molecule has 0 amide bonds. The highest BCUT2D eigenvalue weighted by molar-refractivity contribution is 5.45. The van der Waals surface area contributed by atoms with Gasteiger partial charge in [-0.2, -0.15) is 0 Å². The number of halogens is 3. The van der Waals surface area contributed by atoms with E-state index in [2.05, 4.69) is 5.32 Å². The molecule has 1 N–H and O–H groups in total. The third-order valence-electron chi connectivity index (χ3n) is 2.39. The summed E-state index contributed by atoms with van der Waals surface area (Å²) in [5, 5.41) is 2.66. The van der Waals surface area contributed by atoms with Crippen LogP contribution in [0.1, 0.15) is 5.56 Å². The SMILES string of the molecule is Fc1ccccc1NCc1c(F)cccc1F. The molecule has 0 aliphatic heterocycles. The molecule has 0 aliphatic carbocycles. The monoisotopic (exact) mass is 237 g/mol. The van der Waals surface area contributed by atoms with Gasteiger partial charge in [-0.1, -0.05) is 18.2 Å². The van der Waals surface area contributed by atoms with Gasteiger partial charge in [-0.15, -0.1) is 0 Å². The van der Waals surface area contributed by atoms with Crippen LogP contribution in [0.25, 0.3) is 0 Å². The van der Waals surface area contributed by atoms with Crippen molar-refractivity contribution in [3.8, 4) is 0 Å². The van der Waals surface area contributed by atoms with Gasteiger partial charge < -0.3 is 5.32 Å². The zero-order chi connectivity index (χ0) is 12.3. The summed E-state index contributed by atoms with van der Waals surface area (Å²) < 4.78 is 39.8. The second-order valence-electron chi connectivity index (χ2n) is 3.53. The largest absolute Gasteiger partial charge is 0.378 e. The molecule has 4 heteroatoms. The summed E-state index contributed by atoms with van der Waals surface area (Å²) in [6.45, 7) is -0.0978. The Morgan fingerprint density at radius 2 is 1.35 bits per heavy atom. The second-order valence-corrected chi connectivity index (χ2v) is 3.53. The van der Waals surface area contributed by atoms with Gasteiger partial charge in [-0.3, -0.25) is 0 Å². The van der Waals surface area contributed by atoms with Crippen LogP contribution < -0.4 is 5.32 Å². The molecule has 0 spiro atoms. The van der Waals surface area contributed by atoms with Crippen molar-refractivity contribution < 1.29 is 13.2 Å². The summed E-state index contributed by atoms with van der Waals surface area (Å²) in [5.74, 6) is -1.74. The minimum absolute atomic E-state index is 0.0978. The van der Waals surface area contributed by atoms with Gasteiger partial charge in [0.2, 0.25) is 0 Å². The van der Waals surface area contributed by atoms with E-state index in [9.17, 15) is 13.2 Å². The Bertz CT molecular complexity index is 506. The van der Waals surface area contributed by atoms with Crippen LogP contribution in [-0.4, -0.2) is 0 Å². The van der Waals surface area contributed by atoms with Crippen LogP contribution in [0.4, 0.5) is 18.9 Å². The van der Waals surface area contributed by atoms with Crippen LogP contribution >= 0.6 is 0 Å². The van der Waals surface area contributed by atoms with Crippen molar-refractivity contribution >= 4 is 5.69 Å². The maximum atomic E-state index is 13.3. The predicted molar refractivity (Wildman–Crippen MR) is 60.1 cm³/mol. The van der Waals surface area contributed by atoms with Crippen LogP contribution in [0.2, 0.25) is 0 Å². The van der Waals surface area contributed by atoms with Gasteiger partial charge in [-0.25, -0.2) is 13.2 Å². The molecule has 0 aliphatic rings. The van der Waals surface area contributed by atoms with Crippen molar-refractivity contribution in [1.29, 1.82) is 0 Å². The summed E-state index contributed by atoms with van der Waals surface area (Å²) in [5.41, 5.74) is 0.117. The van der Waals surface area contributed by atoms with Crippen molar-refractivity contribution in [2.75, 3.05) is 5.32 Å². The Balaban J connectivity index is 2.16.